The second kappa shape index (κ2) is 5.32. The normalized spacial score (nSPS) is 10.0. The molecule has 7 nitrogen and oxygen atoms in total. The Morgan fingerprint density at radius 2 is 2.00 bits per heavy atom. The fraction of sp³-hybridized carbons (Fsp3) is 0.0833. The van der Waals surface area contributed by atoms with Gasteiger partial charge >= 0.3 is 0 Å². The summed E-state index contributed by atoms with van der Waals surface area (Å²) in [5.74, 6) is 6.03. The summed E-state index contributed by atoms with van der Waals surface area (Å²) in [7, 11) is 0. The highest BCUT2D eigenvalue weighted by Gasteiger charge is 2.08. The zero-order valence-electron chi connectivity index (χ0n) is 10.3. The van der Waals surface area contributed by atoms with E-state index in [9.17, 15) is 4.79 Å². The van der Waals surface area contributed by atoms with Gasteiger partial charge in [0.05, 0.1) is 0 Å². The minimum absolute atomic E-state index is 0.0105. The number of hydrogen-bond donors (Lipinski definition) is 4. The predicted molar refractivity (Wildman–Crippen MR) is 74.0 cm³/mol. The molecular weight excluding hydrogens is 244 g/mol. The zero-order valence-corrected chi connectivity index (χ0v) is 10.3. The number of hydrogen-bond acceptors (Lipinski definition) is 7. The summed E-state index contributed by atoms with van der Waals surface area (Å²) in [6.45, 7) is 1.51. The summed E-state index contributed by atoms with van der Waals surface area (Å²) >= 11 is 0. The van der Waals surface area contributed by atoms with Crippen LogP contribution in [-0.4, -0.2) is 15.8 Å². The van der Waals surface area contributed by atoms with Crippen LogP contribution in [0.25, 0.3) is 0 Å². The molecule has 7 heteroatoms. The van der Waals surface area contributed by atoms with Gasteiger partial charge < -0.3 is 16.5 Å². The molecule has 0 amide bonds. The highest BCUT2D eigenvalue weighted by molar-refractivity contribution is 5.95. The monoisotopic (exact) mass is 258 g/mol. The SMILES string of the molecule is CC(=O)c1cccc(Nc2ncnc(NN)c2N)c1. The molecule has 0 aliphatic carbocycles. The van der Waals surface area contributed by atoms with Crippen molar-refractivity contribution in [1.29, 1.82) is 0 Å². The number of hydrazine groups is 1. The number of carbonyl (C=O) groups is 1. The lowest BCUT2D eigenvalue weighted by atomic mass is 10.1. The van der Waals surface area contributed by atoms with Gasteiger partial charge in [-0.15, -0.1) is 0 Å². The topological polar surface area (TPSA) is 119 Å². The standard InChI is InChI=1S/C12H14N6O/c1-7(19)8-3-2-4-9(5-8)17-11-10(13)12(18-14)16-6-15-11/h2-6H,13-14H2,1H3,(H2,15,16,17,18). The minimum Gasteiger partial charge on any atom is -0.393 e. The largest absolute Gasteiger partial charge is 0.393 e. The number of ketones is 1. The number of aromatic nitrogens is 2. The molecule has 1 heterocycles. The van der Waals surface area contributed by atoms with Crippen LogP contribution in [0.2, 0.25) is 0 Å². The molecule has 2 rings (SSSR count). The van der Waals surface area contributed by atoms with Crippen LogP contribution in [0.4, 0.5) is 23.0 Å². The molecule has 0 unspecified atom stereocenters. The van der Waals surface area contributed by atoms with Gasteiger partial charge in [-0.1, -0.05) is 12.1 Å². The van der Waals surface area contributed by atoms with E-state index in [4.69, 9.17) is 11.6 Å². The molecule has 0 aliphatic heterocycles. The molecule has 0 atom stereocenters. The van der Waals surface area contributed by atoms with Crippen molar-refractivity contribution < 1.29 is 4.79 Å². The van der Waals surface area contributed by atoms with Crippen molar-refractivity contribution in [3.63, 3.8) is 0 Å². The van der Waals surface area contributed by atoms with E-state index in [-0.39, 0.29) is 5.78 Å². The first kappa shape index (κ1) is 12.8. The van der Waals surface area contributed by atoms with E-state index in [1.807, 2.05) is 6.07 Å². The van der Waals surface area contributed by atoms with Crippen molar-refractivity contribution in [3.05, 3.63) is 36.2 Å². The van der Waals surface area contributed by atoms with Crippen LogP contribution >= 0.6 is 0 Å². The number of benzene rings is 1. The maximum Gasteiger partial charge on any atom is 0.168 e. The van der Waals surface area contributed by atoms with Crippen LogP contribution in [0.3, 0.4) is 0 Å². The van der Waals surface area contributed by atoms with Gasteiger partial charge in [0.15, 0.2) is 17.4 Å². The Hall–Kier alpha value is -2.67. The molecule has 0 spiro atoms. The molecule has 0 bridgehead atoms. The fourth-order valence-corrected chi connectivity index (χ4v) is 1.56. The van der Waals surface area contributed by atoms with E-state index in [1.165, 1.54) is 13.3 Å². The molecule has 6 N–H and O–H groups in total. The number of nitrogens with two attached hydrogens (primary N) is 2. The number of nitrogens with one attached hydrogen (secondary N) is 2. The third kappa shape index (κ3) is 2.78. The fourth-order valence-electron chi connectivity index (χ4n) is 1.56. The van der Waals surface area contributed by atoms with Crippen LogP contribution in [-0.2, 0) is 0 Å². The van der Waals surface area contributed by atoms with Gasteiger partial charge in [-0.25, -0.2) is 15.8 Å². The summed E-state index contributed by atoms with van der Waals surface area (Å²) in [6.07, 6.45) is 1.34. The first-order chi connectivity index (χ1) is 9.11. The second-order valence-electron chi connectivity index (χ2n) is 3.89. The van der Waals surface area contributed by atoms with Crippen LogP contribution in [0.1, 0.15) is 17.3 Å². The average molecular weight is 258 g/mol. The smallest absolute Gasteiger partial charge is 0.168 e. The number of nitrogen functional groups attached to an aromatic ring is 2. The Morgan fingerprint density at radius 3 is 2.68 bits per heavy atom. The lowest BCUT2D eigenvalue weighted by Crippen LogP contribution is -2.12. The maximum absolute atomic E-state index is 11.3. The number of anilines is 4. The first-order valence-corrected chi connectivity index (χ1v) is 5.57. The summed E-state index contributed by atoms with van der Waals surface area (Å²) in [4.78, 5) is 19.2. The van der Waals surface area contributed by atoms with Crippen molar-refractivity contribution in [3.8, 4) is 0 Å². The van der Waals surface area contributed by atoms with Crippen LogP contribution in [0, 0.1) is 0 Å². The summed E-state index contributed by atoms with van der Waals surface area (Å²) in [5.41, 5.74) is 9.84. The Morgan fingerprint density at radius 1 is 1.26 bits per heavy atom. The molecule has 2 aromatic rings. The van der Waals surface area contributed by atoms with Crippen molar-refractivity contribution in [2.75, 3.05) is 16.5 Å². The molecule has 0 fully saturated rings. The zero-order chi connectivity index (χ0) is 13.8. The summed E-state index contributed by atoms with van der Waals surface area (Å²) < 4.78 is 0. The van der Waals surface area contributed by atoms with Crippen LogP contribution in [0.15, 0.2) is 30.6 Å². The molecule has 1 aromatic carbocycles. The number of nitrogens with zero attached hydrogens (tertiary/aromatic N) is 2. The second-order valence-corrected chi connectivity index (χ2v) is 3.89. The lowest BCUT2D eigenvalue weighted by Gasteiger charge is -2.11. The molecule has 1 aromatic heterocycles. The molecule has 0 saturated carbocycles. The highest BCUT2D eigenvalue weighted by atomic mass is 16.1. The Kier molecular flexibility index (Phi) is 3.58. The van der Waals surface area contributed by atoms with Crippen molar-refractivity contribution in [2.45, 2.75) is 6.92 Å². The van der Waals surface area contributed by atoms with E-state index in [0.717, 1.165) is 0 Å². The van der Waals surface area contributed by atoms with E-state index >= 15 is 0 Å². The van der Waals surface area contributed by atoms with E-state index < -0.39 is 0 Å². The Balaban J connectivity index is 2.31. The molecule has 0 radical (unpaired) electrons. The van der Waals surface area contributed by atoms with Gasteiger partial charge in [-0.05, 0) is 19.1 Å². The van der Waals surface area contributed by atoms with Gasteiger partial charge in [0.25, 0.3) is 0 Å². The van der Waals surface area contributed by atoms with Gasteiger partial charge in [-0.3, -0.25) is 4.79 Å². The Bertz CT molecular complexity index is 613. The summed E-state index contributed by atoms with van der Waals surface area (Å²) in [6, 6.07) is 7.05. The van der Waals surface area contributed by atoms with Gasteiger partial charge in [0, 0.05) is 11.3 Å². The number of rotatable bonds is 4. The third-order valence-electron chi connectivity index (χ3n) is 2.55. The Labute approximate surface area is 110 Å². The van der Waals surface area contributed by atoms with E-state index in [0.29, 0.717) is 28.6 Å². The van der Waals surface area contributed by atoms with Gasteiger partial charge in [0.1, 0.15) is 12.0 Å². The minimum atomic E-state index is -0.0105. The molecule has 0 saturated heterocycles. The molecule has 98 valence electrons. The van der Waals surface area contributed by atoms with E-state index in [2.05, 4.69) is 20.7 Å². The average Bonchev–Trinajstić information content (AvgIpc) is 2.41. The predicted octanol–water partition coefficient (Wildman–Crippen LogP) is 1.29. The van der Waals surface area contributed by atoms with Crippen molar-refractivity contribution >= 4 is 28.8 Å². The highest BCUT2D eigenvalue weighted by Crippen LogP contribution is 2.25. The quantitative estimate of drug-likeness (QED) is 0.370. The first-order valence-electron chi connectivity index (χ1n) is 5.57. The summed E-state index contributed by atoms with van der Waals surface area (Å²) in [5, 5.41) is 3.02. The molecule has 0 aliphatic rings. The molecule has 19 heavy (non-hydrogen) atoms. The van der Waals surface area contributed by atoms with Crippen LogP contribution in [0.5, 0.6) is 0 Å². The van der Waals surface area contributed by atoms with Crippen molar-refractivity contribution in [2.24, 2.45) is 5.84 Å². The number of Topliss-reactive ketones (excluding diaryl/α,β-unsaturated/α-hetero) is 1. The van der Waals surface area contributed by atoms with Gasteiger partial charge in [-0.2, -0.15) is 0 Å². The lowest BCUT2D eigenvalue weighted by molar-refractivity contribution is 0.101. The van der Waals surface area contributed by atoms with E-state index in [1.54, 1.807) is 18.2 Å². The third-order valence-corrected chi connectivity index (χ3v) is 2.55. The van der Waals surface area contributed by atoms with Gasteiger partial charge in [0.2, 0.25) is 0 Å². The molecular formula is C12H14N6O. The maximum atomic E-state index is 11.3. The van der Waals surface area contributed by atoms with Crippen molar-refractivity contribution in [1.82, 2.24) is 9.97 Å². The van der Waals surface area contributed by atoms with Crippen LogP contribution < -0.4 is 22.3 Å². The number of carbonyl (C=O) groups excluding carboxylic acids is 1.